The molecule has 6 aromatic rings. The monoisotopic (exact) mass is 1030 g/mol. The molecule has 6 atom stereocenters. The third-order valence-electron chi connectivity index (χ3n) is 12.4. The number of aliphatic hydroxyl groups is 2. The third kappa shape index (κ3) is 16.2. The van der Waals surface area contributed by atoms with Gasteiger partial charge in [0.05, 0.1) is 18.2 Å². The fraction of sp³-hybridized carbons (Fsp3) is 0.370. The number of nitrogens with one attached hydrogen (secondary N) is 3. The van der Waals surface area contributed by atoms with Crippen LogP contribution in [0.15, 0.2) is 122 Å². The molecule has 7 N–H and O–H groups in total. The molecule has 13 heteroatoms. The molecule has 0 radical (unpaired) electrons. The van der Waals surface area contributed by atoms with Crippen LogP contribution in [0.5, 0.6) is 0 Å². The van der Waals surface area contributed by atoms with Crippen LogP contribution in [0.4, 0.5) is 23.4 Å². The van der Waals surface area contributed by atoms with E-state index in [9.17, 15) is 27.8 Å². The van der Waals surface area contributed by atoms with Gasteiger partial charge in [-0.25, -0.2) is 22.5 Å². The Kier molecular flexibility index (Phi) is 20.1. The highest BCUT2D eigenvalue weighted by molar-refractivity contribution is 14.1. The molecule has 8 nitrogen and oxygen atoms in total. The number of rotatable bonds is 16. The van der Waals surface area contributed by atoms with Crippen LogP contribution < -0.4 is 21.7 Å². The Morgan fingerprint density at radius 3 is 1.55 bits per heavy atom. The molecular formula is C54H63F4IN6O2. The van der Waals surface area contributed by atoms with Gasteiger partial charge in [-0.05, 0) is 180 Å². The van der Waals surface area contributed by atoms with Crippen molar-refractivity contribution in [3.8, 4) is 0 Å². The maximum atomic E-state index is 13.8. The molecule has 2 aliphatic rings. The molecule has 2 heterocycles. The van der Waals surface area contributed by atoms with E-state index in [0.717, 1.165) is 67.2 Å². The summed E-state index contributed by atoms with van der Waals surface area (Å²) in [6.07, 6.45) is 10.7. The van der Waals surface area contributed by atoms with Crippen molar-refractivity contribution in [2.45, 2.75) is 114 Å². The predicted octanol–water partition coefficient (Wildman–Crippen LogP) is 10.1. The van der Waals surface area contributed by atoms with E-state index < -0.39 is 47.6 Å². The van der Waals surface area contributed by atoms with Crippen LogP contribution in [0.2, 0.25) is 0 Å². The van der Waals surface area contributed by atoms with Crippen molar-refractivity contribution in [1.29, 1.82) is 0 Å². The summed E-state index contributed by atoms with van der Waals surface area (Å²) >= 11 is 2.17. The van der Waals surface area contributed by atoms with Gasteiger partial charge in [-0.2, -0.15) is 0 Å². The van der Waals surface area contributed by atoms with Crippen molar-refractivity contribution in [3.63, 3.8) is 0 Å². The minimum Gasteiger partial charge on any atom is -0.390 e. The first kappa shape index (κ1) is 51.6. The van der Waals surface area contributed by atoms with Crippen LogP contribution >= 0.6 is 22.6 Å². The zero-order valence-electron chi connectivity index (χ0n) is 38.3. The Morgan fingerprint density at radius 1 is 0.612 bits per heavy atom. The number of aliphatic hydroxyl groups excluding tert-OH is 2. The number of fused-ring (bicyclic) bond motifs is 2. The van der Waals surface area contributed by atoms with Crippen molar-refractivity contribution in [2.24, 2.45) is 5.73 Å². The van der Waals surface area contributed by atoms with E-state index in [2.05, 4.69) is 98.8 Å². The van der Waals surface area contributed by atoms with Crippen molar-refractivity contribution in [3.05, 3.63) is 193 Å². The molecule has 8 rings (SSSR count). The standard InChI is InChI=1S/C27H31F2N3O.C22H28F2N2O.C5H4IN/c1-2-18-9-10-20-6-5-7-24(23(20)14-18)31-17-26(33)25(32-27-8-3-4-11-30-27)15-19-12-21(28)16-22(29)13-19;1-2-14-6-7-16-4-3-5-21(19(16)10-14)26-13-22(27)20(25)11-15-8-17(23)12-18(24)9-15;6-5-3-1-2-4-7-5/h3-4,8-14,16,24-26,31,33H,2,5-7,15,17H2,1H3,(H,30,32);6-10,12,20-22,26-27H,2-5,11,13,25H2,1H3;1-4H/t24-,25-,26+;20-,21-,22+;/m00./s1. The van der Waals surface area contributed by atoms with Crippen LogP contribution in [-0.2, 0) is 38.5 Å². The number of hydrogen-bond donors (Lipinski definition) is 6. The van der Waals surface area contributed by atoms with Crippen LogP contribution in [0.1, 0.15) is 96.1 Å². The summed E-state index contributed by atoms with van der Waals surface area (Å²) in [5.41, 5.74) is 15.0. The second-order valence-electron chi connectivity index (χ2n) is 17.4. The summed E-state index contributed by atoms with van der Waals surface area (Å²) < 4.78 is 55.2. The summed E-state index contributed by atoms with van der Waals surface area (Å²) in [4.78, 5) is 8.25. The van der Waals surface area contributed by atoms with E-state index in [4.69, 9.17) is 5.73 Å². The molecule has 67 heavy (non-hydrogen) atoms. The molecular weight excluding hydrogens is 968 g/mol. The van der Waals surface area contributed by atoms with E-state index >= 15 is 0 Å². The van der Waals surface area contributed by atoms with Crippen molar-refractivity contribution in [2.75, 3.05) is 18.4 Å². The zero-order chi connectivity index (χ0) is 47.7. The predicted molar refractivity (Wildman–Crippen MR) is 268 cm³/mol. The number of anilines is 1. The van der Waals surface area contributed by atoms with Crippen molar-refractivity contribution < 1.29 is 27.8 Å². The molecule has 0 bridgehead atoms. The topological polar surface area (TPSA) is 128 Å². The van der Waals surface area contributed by atoms with Gasteiger partial charge < -0.3 is 31.9 Å². The minimum atomic E-state index is -0.795. The maximum Gasteiger partial charge on any atom is 0.126 e. The fourth-order valence-electron chi connectivity index (χ4n) is 8.76. The number of aromatic nitrogens is 2. The third-order valence-corrected chi connectivity index (χ3v) is 13.0. The lowest BCUT2D eigenvalue weighted by atomic mass is 9.86. The van der Waals surface area contributed by atoms with Gasteiger partial charge in [0, 0.05) is 55.7 Å². The number of aryl methyl sites for hydroxylation is 4. The average molecular weight is 1030 g/mol. The maximum absolute atomic E-state index is 13.8. The van der Waals surface area contributed by atoms with E-state index in [1.54, 1.807) is 12.4 Å². The second-order valence-corrected chi connectivity index (χ2v) is 18.5. The summed E-state index contributed by atoms with van der Waals surface area (Å²) in [6.45, 7) is 4.99. The highest BCUT2D eigenvalue weighted by Gasteiger charge is 2.26. The molecule has 2 aromatic heterocycles. The summed E-state index contributed by atoms with van der Waals surface area (Å²) in [5.74, 6) is -1.90. The van der Waals surface area contributed by atoms with Gasteiger partial charge in [-0.3, -0.25) is 4.98 Å². The largest absolute Gasteiger partial charge is 0.390 e. The van der Waals surface area contributed by atoms with Crippen molar-refractivity contribution >= 4 is 28.4 Å². The Hall–Kier alpha value is -4.77. The summed E-state index contributed by atoms with van der Waals surface area (Å²) in [6, 6.07) is 30.8. The zero-order valence-corrected chi connectivity index (χ0v) is 40.4. The highest BCUT2D eigenvalue weighted by Crippen LogP contribution is 2.32. The molecule has 2 aliphatic carbocycles. The lowest BCUT2D eigenvalue weighted by Crippen LogP contribution is -2.44. The molecule has 0 saturated heterocycles. The smallest absolute Gasteiger partial charge is 0.126 e. The number of nitrogens with two attached hydrogens (primary N) is 1. The Morgan fingerprint density at radius 2 is 1.10 bits per heavy atom. The first-order valence-corrected chi connectivity index (χ1v) is 24.4. The number of hydrogen-bond acceptors (Lipinski definition) is 8. The number of nitrogens with zero attached hydrogens (tertiary/aromatic N) is 2. The molecule has 0 spiro atoms. The molecule has 0 unspecified atom stereocenters. The van der Waals surface area contributed by atoms with Gasteiger partial charge in [0.2, 0.25) is 0 Å². The highest BCUT2D eigenvalue weighted by atomic mass is 127. The van der Waals surface area contributed by atoms with Gasteiger partial charge in [0.15, 0.2) is 0 Å². The number of benzene rings is 4. The van der Waals surface area contributed by atoms with Gasteiger partial charge in [0.1, 0.15) is 32.8 Å². The summed E-state index contributed by atoms with van der Waals surface area (Å²) in [7, 11) is 0. The van der Waals surface area contributed by atoms with Gasteiger partial charge in [-0.1, -0.05) is 62.4 Å². The summed E-state index contributed by atoms with van der Waals surface area (Å²) in [5, 5.41) is 31.8. The fourth-order valence-corrected chi connectivity index (χ4v) is 9.13. The van der Waals surface area contributed by atoms with E-state index in [-0.39, 0.29) is 24.9 Å². The van der Waals surface area contributed by atoms with Crippen LogP contribution in [0.3, 0.4) is 0 Å². The molecule has 0 fully saturated rings. The van der Waals surface area contributed by atoms with Gasteiger partial charge in [0.25, 0.3) is 0 Å². The average Bonchev–Trinajstić information content (AvgIpc) is 3.32. The number of pyridine rings is 2. The first-order valence-electron chi connectivity index (χ1n) is 23.3. The Bertz CT molecular complexity index is 2410. The van der Waals surface area contributed by atoms with Gasteiger partial charge in [-0.15, -0.1) is 0 Å². The van der Waals surface area contributed by atoms with Crippen molar-refractivity contribution in [1.82, 2.24) is 20.6 Å². The Balaban J connectivity index is 0.000000195. The van der Waals surface area contributed by atoms with Crippen LogP contribution in [-0.4, -0.2) is 57.6 Å². The normalized spacial score (nSPS) is 17.0. The van der Waals surface area contributed by atoms with Crippen LogP contribution in [0, 0.1) is 27.0 Å². The molecule has 0 aliphatic heterocycles. The van der Waals surface area contributed by atoms with Gasteiger partial charge >= 0.3 is 0 Å². The van der Waals surface area contributed by atoms with E-state index in [1.165, 1.54) is 57.6 Å². The second kappa shape index (κ2) is 26.1. The number of halogens is 5. The quantitative estimate of drug-likeness (QED) is 0.0322. The first-order chi connectivity index (χ1) is 32.4. The van der Waals surface area contributed by atoms with Crippen LogP contribution in [0.25, 0.3) is 0 Å². The van der Waals surface area contributed by atoms with E-state index in [1.807, 2.05) is 36.4 Å². The van der Waals surface area contributed by atoms with E-state index in [0.29, 0.717) is 30.0 Å². The minimum absolute atomic E-state index is 0.178. The lowest BCUT2D eigenvalue weighted by molar-refractivity contribution is 0.136. The molecule has 0 saturated carbocycles. The molecule has 4 aromatic carbocycles. The molecule has 0 amide bonds. The lowest BCUT2D eigenvalue weighted by Gasteiger charge is -2.30. The molecule has 356 valence electrons. The SMILES string of the molecule is CCc1ccc2c(c1)[C@@H](NC[C@@H](O)[C@@H](N)Cc1cc(F)cc(F)c1)CCC2.CCc1ccc2c(c1)[C@@H](NC[C@@H](O)[C@H](Cc1cc(F)cc(F)c1)Nc1ccccn1)CCC2.Ic1ccccn1. The Labute approximate surface area is 406 Å².